The Morgan fingerprint density at radius 2 is 1.90 bits per heavy atom. The minimum atomic E-state index is -0.0318. The molecule has 29 heavy (non-hydrogen) atoms. The zero-order valence-electron chi connectivity index (χ0n) is 16.2. The summed E-state index contributed by atoms with van der Waals surface area (Å²) in [4.78, 5) is 11.6. The van der Waals surface area contributed by atoms with Gasteiger partial charge in [-0.1, -0.05) is 30.0 Å². The minimum Gasteiger partial charge on any atom is -0.497 e. The van der Waals surface area contributed by atoms with Gasteiger partial charge in [0.05, 0.1) is 19.3 Å². The van der Waals surface area contributed by atoms with E-state index in [4.69, 9.17) is 20.1 Å². The van der Waals surface area contributed by atoms with Crippen molar-refractivity contribution in [3.05, 3.63) is 59.9 Å². The van der Waals surface area contributed by atoms with E-state index in [2.05, 4.69) is 10.2 Å². The normalized spacial score (nSPS) is 10.6. The van der Waals surface area contributed by atoms with Crippen LogP contribution in [0.15, 0.2) is 53.7 Å². The number of thioether (sulfide) groups is 1. The SMILES string of the molecule is COc1cccc(OCc2nnc(SCCOc3ccccc3C(C)=O)n2N)c1. The molecule has 9 heteroatoms. The average Bonchev–Trinajstić information content (AvgIpc) is 3.09. The molecule has 1 heterocycles. The molecule has 0 saturated carbocycles. The summed E-state index contributed by atoms with van der Waals surface area (Å²) in [5.74, 6) is 9.05. The van der Waals surface area contributed by atoms with Gasteiger partial charge in [-0.3, -0.25) is 4.79 Å². The van der Waals surface area contributed by atoms with Gasteiger partial charge >= 0.3 is 0 Å². The fourth-order valence-corrected chi connectivity index (χ4v) is 3.20. The molecular formula is C20H22N4O4S. The van der Waals surface area contributed by atoms with Crippen LogP contribution >= 0.6 is 11.8 Å². The van der Waals surface area contributed by atoms with E-state index >= 15 is 0 Å². The summed E-state index contributed by atoms with van der Waals surface area (Å²) in [6.45, 7) is 2.10. The minimum absolute atomic E-state index is 0.0318. The number of ketones is 1. The van der Waals surface area contributed by atoms with Gasteiger partial charge in [-0.2, -0.15) is 0 Å². The fraction of sp³-hybridized carbons (Fsp3) is 0.250. The largest absolute Gasteiger partial charge is 0.497 e. The summed E-state index contributed by atoms with van der Waals surface area (Å²) in [7, 11) is 1.60. The molecule has 0 fully saturated rings. The highest BCUT2D eigenvalue weighted by molar-refractivity contribution is 7.99. The van der Waals surface area contributed by atoms with Crippen LogP contribution in [0.3, 0.4) is 0 Å². The van der Waals surface area contributed by atoms with E-state index in [1.165, 1.54) is 23.4 Å². The molecule has 2 N–H and O–H groups in total. The van der Waals surface area contributed by atoms with Gasteiger partial charge in [0.25, 0.3) is 0 Å². The van der Waals surface area contributed by atoms with Crippen molar-refractivity contribution in [1.29, 1.82) is 0 Å². The van der Waals surface area contributed by atoms with Crippen LogP contribution in [0.4, 0.5) is 0 Å². The highest BCUT2D eigenvalue weighted by atomic mass is 32.2. The van der Waals surface area contributed by atoms with Gasteiger partial charge < -0.3 is 20.1 Å². The number of benzene rings is 2. The van der Waals surface area contributed by atoms with Crippen molar-refractivity contribution < 1.29 is 19.0 Å². The third-order valence-electron chi connectivity index (χ3n) is 3.98. The van der Waals surface area contributed by atoms with Crippen LogP contribution in [0.1, 0.15) is 23.1 Å². The van der Waals surface area contributed by atoms with Crippen molar-refractivity contribution >= 4 is 17.5 Å². The molecule has 0 bridgehead atoms. The van der Waals surface area contributed by atoms with Crippen LogP contribution in [-0.2, 0) is 6.61 Å². The van der Waals surface area contributed by atoms with Crippen molar-refractivity contribution in [1.82, 2.24) is 14.9 Å². The Bertz CT molecular complexity index is 977. The van der Waals surface area contributed by atoms with Gasteiger partial charge in [-0.25, -0.2) is 4.68 Å². The molecule has 0 atom stereocenters. The predicted octanol–water partition coefficient (Wildman–Crippen LogP) is 2.95. The molecule has 152 valence electrons. The molecule has 0 saturated heterocycles. The van der Waals surface area contributed by atoms with Crippen molar-refractivity contribution in [2.45, 2.75) is 18.7 Å². The number of methoxy groups -OCH3 is 1. The number of rotatable bonds is 10. The van der Waals surface area contributed by atoms with Crippen LogP contribution in [0.5, 0.6) is 17.2 Å². The Balaban J connectivity index is 1.50. The molecule has 2 aromatic carbocycles. The molecular weight excluding hydrogens is 392 g/mol. The average molecular weight is 414 g/mol. The number of ether oxygens (including phenoxy) is 3. The van der Waals surface area contributed by atoms with Crippen LogP contribution in [-0.4, -0.2) is 40.1 Å². The van der Waals surface area contributed by atoms with Crippen LogP contribution in [0.25, 0.3) is 0 Å². The van der Waals surface area contributed by atoms with Crippen molar-refractivity contribution in [2.75, 3.05) is 25.3 Å². The second kappa shape index (κ2) is 9.83. The molecule has 3 aromatic rings. The lowest BCUT2D eigenvalue weighted by atomic mass is 10.1. The number of hydrogen-bond acceptors (Lipinski definition) is 8. The number of para-hydroxylation sites is 1. The molecule has 1 aromatic heterocycles. The number of hydrogen-bond donors (Lipinski definition) is 1. The first kappa shape index (κ1) is 20.5. The summed E-state index contributed by atoms with van der Waals surface area (Å²) >= 11 is 1.41. The number of aromatic nitrogens is 3. The summed E-state index contributed by atoms with van der Waals surface area (Å²) in [5.41, 5.74) is 0.566. The summed E-state index contributed by atoms with van der Waals surface area (Å²) < 4.78 is 18.0. The highest BCUT2D eigenvalue weighted by Gasteiger charge is 2.12. The second-order valence-electron chi connectivity index (χ2n) is 5.99. The number of nitrogens with two attached hydrogens (primary N) is 1. The predicted molar refractivity (Wildman–Crippen MR) is 110 cm³/mol. The maximum Gasteiger partial charge on any atom is 0.210 e. The third kappa shape index (κ3) is 5.41. The molecule has 0 aliphatic rings. The van der Waals surface area contributed by atoms with Gasteiger partial charge in [-0.05, 0) is 31.2 Å². The first-order valence-electron chi connectivity index (χ1n) is 8.90. The monoisotopic (exact) mass is 414 g/mol. The Kier molecular flexibility index (Phi) is 6.96. The number of nitrogens with zero attached hydrogens (tertiary/aromatic N) is 3. The van der Waals surface area contributed by atoms with Crippen molar-refractivity contribution in [3.63, 3.8) is 0 Å². The molecule has 3 rings (SSSR count). The quantitative estimate of drug-likeness (QED) is 0.234. The summed E-state index contributed by atoms with van der Waals surface area (Å²) in [6.07, 6.45) is 0. The maximum atomic E-state index is 11.6. The van der Waals surface area contributed by atoms with Gasteiger partial charge in [-0.15, -0.1) is 10.2 Å². The topological polar surface area (TPSA) is 101 Å². The lowest BCUT2D eigenvalue weighted by molar-refractivity contribution is 0.101. The van der Waals surface area contributed by atoms with Gasteiger partial charge in [0.15, 0.2) is 11.6 Å². The smallest absolute Gasteiger partial charge is 0.210 e. The number of nitrogen functional groups attached to an aromatic ring is 1. The number of carbonyl (C=O) groups is 1. The highest BCUT2D eigenvalue weighted by Crippen LogP contribution is 2.22. The van der Waals surface area contributed by atoms with E-state index in [1.807, 2.05) is 30.3 Å². The van der Waals surface area contributed by atoms with E-state index in [1.54, 1.807) is 25.3 Å². The Morgan fingerprint density at radius 3 is 2.69 bits per heavy atom. The molecule has 8 nitrogen and oxygen atoms in total. The van der Waals surface area contributed by atoms with Crippen molar-refractivity contribution in [3.8, 4) is 17.2 Å². The van der Waals surface area contributed by atoms with E-state index in [9.17, 15) is 4.79 Å². The molecule has 0 spiro atoms. The van der Waals surface area contributed by atoms with E-state index in [0.29, 0.717) is 46.2 Å². The third-order valence-corrected chi connectivity index (χ3v) is 4.89. The molecule has 0 unspecified atom stereocenters. The molecule has 0 amide bonds. The maximum absolute atomic E-state index is 11.6. The van der Waals surface area contributed by atoms with Crippen LogP contribution in [0.2, 0.25) is 0 Å². The fourth-order valence-electron chi connectivity index (χ4n) is 2.51. The van der Waals surface area contributed by atoms with Crippen LogP contribution < -0.4 is 20.1 Å². The van der Waals surface area contributed by atoms with E-state index in [-0.39, 0.29) is 12.4 Å². The summed E-state index contributed by atoms with van der Waals surface area (Å²) in [5, 5.41) is 8.72. The zero-order chi connectivity index (χ0) is 20.6. The lowest BCUT2D eigenvalue weighted by Crippen LogP contribution is -2.16. The zero-order valence-corrected chi connectivity index (χ0v) is 17.0. The Hall–Kier alpha value is -3.20. The van der Waals surface area contributed by atoms with Crippen LogP contribution in [0, 0.1) is 0 Å². The lowest BCUT2D eigenvalue weighted by Gasteiger charge is -2.09. The Labute approximate surface area is 172 Å². The van der Waals surface area contributed by atoms with Crippen molar-refractivity contribution in [2.24, 2.45) is 0 Å². The van der Waals surface area contributed by atoms with E-state index in [0.717, 1.165) is 0 Å². The molecule has 0 aliphatic carbocycles. The number of carbonyl (C=O) groups excluding carboxylic acids is 1. The second-order valence-corrected chi connectivity index (χ2v) is 7.05. The standard InChI is InChI=1S/C20H22N4O4S/c1-14(25)17-8-3-4-9-18(17)27-10-11-29-20-23-22-19(24(20)21)13-28-16-7-5-6-15(12-16)26-2/h3-9,12H,10-11,13,21H2,1-2H3. The number of Topliss-reactive ketones (excluding diaryl/α,β-unsaturated/α-hetero) is 1. The van der Waals surface area contributed by atoms with Gasteiger partial charge in [0.2, 0.25) is 5.16 Å². The van der Waals surface area contributed by atoms with Gasteiger partial charge in [0, 0.05) is 11.8 Å². The molecule has 0 radical (unpaired) electrons. The first-order valence-corrected chi connectivity index (χ1v) is 9.89. The first-order chi connectivity index (χ1) is 14.1. The van der Waals surface area contributed by atoms with E-state index < -0.39 is 0 Å². The Morgan fingerprint density at radius 1 is 1.10 bits per heavy atom. The van der Waals surface area contributed by atoms with Gasteiger partial charge in [0.1, 0.15) is 23.9 Å². The summed E-state index contributed by atoms with van der Waals surface area (Å²) in [6, 6.07) is 14.5. The molecule has 0 aliphatic heterocycles.